The largest absolute Gasteiger partial charge is 0.478 e. The number of carboxylic acids is 2. The lowest BCUT2D eigenvalue weighted by atomic mass is 9.98. The number of hydrogen-bond acceptors (Lipinski definition) is 2. The summed E-state index contributed by atoms with van der Waals surface area (Å²) < 4.78 is 0. The van der Waals surface area contributed by atoms with Crippen LogP contribution in [0, 0.1) is 6.92 Å². The predicted octanol–water partition coefficient (Wildman–Crippen LogP) is 3.06. The number of hydrogen-bond donors (Lipinski definition) is 2. The minimum atomic E-state index is -1.14. The lowest BCUT2D eigenvalue weighted by Crippen LogP contribution is -2.03. The Morgan fingerprint density at radius 2 is 1.42 bits per heavy atom. The van der Waals surface area contributed by atoms with E-state index in [9.17, 15) is 9.59 Å². The first-order valence-corrected chi connectivity index (χ1v) is 5.66. The average molecular weight is 256 g/mol. The standard InChI is InChI=1S/C15H12O4/c1-9-3-2-4-10(5-9)11-6-12(14(16)17)8-13(7-11)15(18)19/h2-8H,1H3,(H,16,17)(H,18,19). The van der Waals surface area contributed by atoms with Crippen molar-refractivity contribution in [2.45, 2.75) is 6.92 Å². The number of rotatable bonds is 3. The zero-order chi connectivity index (χ0) is 14.0. The molecule has 0 aliphatic rings. The van der Waals surface area contributed by atoms with Crippen molar-refractivity contribution in [3.8, 4) is 11.1 Å². The van der Waals surface area contributed by atoms with E-state index in [0.717, 1.165) is 17.2 Å². The Labute approximate surface area is 109 Å². The van der Waals surface area contributed by atoms with Crippen molar-refractivity contribution in [1.82, 2.24) is 0 Å². The van der Waals surface area contributed by atoms with Crippen molar-refractivity contribution < 1.29 is 19.8 Å². The molecule has 0 atom stereocenters. The number of carbonyl (C=O) groups is 2. The Morgan fingerprint density at radius 3 is 1.89 bits per heavy atom. The van der Waals surface area contributed by atoms with Crippen LogP contribution in [0.4, 0.5) is 0 Å². The lowest BCUT2D eigenvalue weighted by molar-refractivity contribution is 0.0696. The van der Waals surface area contributed by atoms with Gasteiger partial charge in [-0.05, 0) is 36.2 Å². The molecule has 0 fully saturated rings. The minimum absolute atomic E-state index is 0.0311. The van der Waals surface area contributed by atoms with E-state index in [4.69, 9.17) is 10.2 Å². The molecule has 0 saturated carbocycles. The van der Waals surface area contributed by atoms with Crippen LogP contribution in [-0.4, -0.2) is 22.2 Å². The van der Waals surface area contributed by atoms with Gasteiger partial charge in [-0.25, -0.2) is 9.59 Å². The van der Waals surface area contributed by atoms with Crippen molar-refractivity contribution in [3.63, 3.8) is 0 Å². The minimum Gasteiger partial charge on any atom is -0.478 e. The molecule has 2 aromatic rings. The molecule has 4 heteroatoms. The third-order valence-electron chi connectivity index (χ3n) is 2.78. The predicted molar refractivity (Wildman–Crippen MR) is 70.5 cm³/mol. The van der Waals surface area contributed by atoms with E-state index in [-0.39, 0.29) is 11.1 Å². The molecular weight excluding hydrogens is 244 g/mol. The highest BCUT2D eigenvalue weighted by atomic mass is 16.4. The molecule has 0 aliphatic carbocycles. The summed E-state index contributed by atoms with van der Waals surface area (Å²) in [6.45, 7) is 1.92. The van der Waals surface area contributed by atoms with Crippen molar-refractivity contribution in [2.24, 2.45) is 0 Å². The van der Waals surface area contributed by atoms with Crippen molar-refractivity contribution in [2.75, 3.05) is 0 Å². The summed E-state index contributed by atoms with van der Waals surface area (Å²) in [7, 11) is 0. The van der Waals surface area contributed by atoms with E-state index in [1.54, 1.807) is 0 Å². The molecule has 0 bridgehead atoms. The maximum absolute atomic E-state index is 11.0. The molecule has 2 rings (SSSR count). The molecular formula is C15H12O4. The second-order valence-electron chi connectivity index (χ2n) is 4.28. The van der Waals surface area contributed by atoms with Gasteiger partial charge in [-0.3, -0.25) is 0 Å². The van der Waals surface area contributed by atoms with Gasteiger partial charge in [0.05, 0.1) is 11.1 Å². The maximum atomic E-state index is 11.0. The van der Waals surface area contributed by atoms with Gasteiger partial charge in [0.2, 0.25) is 0 Å². The van der Waals surface area contributed by atoms with Crippen LogP contribution in [0.1, 0.15) is 26.3 Å². The topological polar surface area (TPSA) is 74.6 Å². The van der Waals surface area contributed by atoms with Gasteiger partial charge in [0.25, 0.3) is 0 Å². The van der Waals surface area contributed by atoms with Gasteiger partial charge >= 0.3 is 11.9 Å². The van der Waals surface area contributed by atoms with Crippen LogP contribution >= 0.6 is 0 Å². The number of carboxylic acid groups (broad SMARTS) is 2. The first-order chi connectivity index (χ1) is 8.97. The summed E-state index contributed by atoms with van der Waals surface area (Å²) in [4.78, 5) is 22.1. The second-order valence-corrected chi connectivity index (χ2v) is 4.28. The van der Waals surface area contributed by atoms with Crippen LogP contribution in [0.3, 0.4) is 0 Å². The van der Waals surface area contributed by atoms with E-state index < -0.39 is 11.9 Å². The smallest absolute Gasteiger partial charge is 0.335 e. The molecule has 2 N–H and O–H groups in total. The quantitative estimate of drug-likeness (QED) is 0.885. The Bertz CT molecular complexity index is 627. The third-order valence-corrected chi connectivity index (χ3v) is 2.78. The lowest BCUT2D eigenvalue weighted by Gasteiger charge is -2.06. The van der Waals surface area contributed by atoms with Gasteiger partial charge in [0, 0.05) is 0 Å². The summed E-state index contributed by atoms with van der Waals surface area (Å²) in [5.41, 5.74) is 2.34. The number of benzene rings is 2. The zero-order valence-corrected chi connectivity index (χ0v) is 10.3. The molecule has 0 heterocycles. The van der Waals surface area contributed by atoms with E-state index in [1.807, 2.05) is 31.2 Å². The van der Waals surface area contributed by atoms with Crippen LogP contribution in [0.25, 0.3) is 11.1 Å². The van der Waals surface area contributed by atoms with Crippen LogP contribution in [-0.2, 0) is 0 Å². The Balaban J connectivity index is 2.62. The highest BCUT2D eigenvalue weighted by Gasteiger charge is 2.12. The fraction of sp³-hybridized carbons (Fsp3) is 0.0667. The first-order valence-electron chi connectivity index (χ1n) is 5.66. The van der Waals surface area contributed by atoms with E-state index in [1.165, 1.54) is 12.1 Å². The van der Waals surface area contributed by atoms with Gasteiger partial charge in [-0.1, -0.05) is 29.8 Å². The Morgan fingerprint density at radius 1 is 0.842 bits per heavy atom. The molecule has 2 aromatic carbocycles. The fourth-order valence-electron chi connectivity index (χ4n) is 1.87. The molecule has 0 saturated heterocycles. The number of aryl methyl sites for hydroxylation is 1. The van der Waals surface area contributed by atoms with Gasteiger partial charge in [0.15, 0.2) is 0 Å². The van der Waals surface area contributed by atoms with Crippen molar-refractivity contribution in [1.29, 1.82) is 0 Å². The van der Waals surface area contributed by atoms with Gasteiger partial charge < -0.3 is 10.2 Å². The van der Waals surface area contributed by atoms with Crippen LogP contribution < -0.4 is 0 Å². The first kappa shape index (κ1) is 12.8. The molecule has 0 spiro atoms. The summed E-state index contributed by atoms with van der Waals surface area (Å²) in [6.07, 6.45) is 0. The van der Waals surface area contributed by atoms with Gasteiger partial charge in [-0.2, -0.15) is 0 Å². The molecule has 0 unspecified atom stereocenters. The Hall–Kier alpha value is -2.62. The van der Waals surface area contributed by atoms with Crippen LogP contribution in [0.5, 0.6) is 0 Å². The molecule has 19 heavy (non-hydrogen) atoms. The zero-order valence-electron chi connectivity index (χ0n) is 10.3. The molecule has 0 aliphatic heterocycles. The van der Waals surface area contributed by atoms with E-state index in [0.29, 0.717) is 5.56 Å². The highest BCUT2D eigenvalue weighted by Crippen LogP contribution is 2.23. The summed E-state index contributed by atoms with van der Waals surface area (Å²) in [5, 5.41) is 18.0. The molecule has 0 radical (unpaired) electrons. The highest BCUT2D eigenvalue weighted by molar-refractivity contribution is 5.96. The molecule has 96 valence electrons. The van der Waals surface area contributed by atoms with Gasteiger partial charge in [0.1, 0.15) is 0 Å². The average Bonchev–Trinajstić information content (AvgIpc) is 2.38. The third kappa shape index (κ3) is 2.80. The molecule has 4 nitrogen and oxygen atoms in total. The van der Waals surface area contributed by atoms with Crippen LogP contribution in [0.2, 0.25) is 0 Å². The summed E-state index contributed by atoms with van der Waals surface area (Å²) in [5.74, 6) is -2.28. The maximum Gasteiger partial charge on any atom is 0.335 e. The molecule has 0 amide bonds. The monoisotopic (exact) mass is 256 g/mol. The Kier molecular flexibility index (Phi) is 3.33. The summed E-state index contributed by atoms with van der Waals surface area (Å²) >= 11 is 0. The molecule has 0 aromatic heterocycles. The number of aromatic carboxylic acids is 2. The van der Waals surface area contributed by atoms with Crippen molar-refractivity contribution in [3.05, 3.63) is 59.2 Å². The second kappa shape index (κ2) is 4.94. The van der Waals surface area contributed by atoms with Gasteiger partial charge in [-0.15, -0.1) is 0 Å². The van der Waals surface area contributed by atoms with Crippen LogP contribution in [0.15, 0.2) is 42.5 Å². The fourth-order valence-corrected chi connectivity index (χ4v) is 1.87. The SMILES string of the molecule is Cc1cccc(-c2cc(C(=O)O)cc(C(=O)O)c2)c1. The normalized spacial score (nSPS) is 10.2. The van der Waals surface area contributed by atoms with E-state index >= 15 is 0 Å². The summed E-state index contributed by atoms with van der Waals surface area (Å²) in [6, 6.07) is 11.6. The van der Waals surface area contributed by atoms with Crippen molar-refractivity contribution >= 4 is 11.9 Å². The van der Waals surface area contributed by atoms with E-state index in [2.05, 4.69) is 0 Å².